The molecule has 1 saturated heterocycles. The van der Waals surface area contributed by atoms with E-state index in [2.05, 4.69) is 31.1 Å². The Morgan fingerprint density at radius 1 is 1.21 bits per heavy atom. The Labute approximate surface area is 229 Å². The van der Waals surface area contributed by atoms with Crippen LogP contribution in [0.3, 0.4) is 0 Å². The molecule has 206 valence electrons. The molecule has 2 aliphatic rings. The van der Waals surface area contributed by atoms with E-state index < -0.39 is 33.4 Å². The van der Waals surface area contributed by atoms with Crippen LogP contribution in [-0.4, -0.2) is 53.7 Å². The van der Waals surface area contributed by atoms with Crippen molar-refractivity contribution < 1.29 is 27.7 Å². The summed E-state index contributed by atoms with van der Waals surface area (Å²) >= 11 is 1.05. The van der Waals surface area contributed by atoms with Crippen LogP contribution in [0.5, 0.6) is 0 Å². The standard InChI is InChI=1S/C26H28N4O7S2/c1-25(2)11-18-12-26(3,14-25)15-29(18)39(35,36)19-6-4-5-16(9-19)23(32)37-13-22(31)28-24-27-20-8-7-17(30(33)34)10-21(20)38-24/h4-10,18H,11-15H2,1-3H3,(H,27,28,31). The fraction of sp³-hybridized carbons (Fsp3) is 0.423. The molecule has 1 aliphatic carbocycles. The van der Waals surface area contributed by atoms with Crippen molar-refractivity contribution in [2.45, 2.75) is 51.0 Å². The number of benzene rings is 2. The van der Waals surface area contributed by atoms with Gasteiger partial charge in [0.05, 0.1) is 25.6 Å². The zero-order valence-electron chi connectivity index (χ0n) is 21.7. The highest BCUT2D eigenvalue weighted by atomic mass is 32.2. The number of amides is 1. The number of carbonyl (C=O) groups is 2. The largest absolute Gasteiger partial charge is 0.452 e. The summed E-state index contributed by atoms with van der Waals surface area (Å²) in [5.74, 6) is -1.49. The minimum atomic E-state index is -3.83. The van der Waals surface area contributed by atoms with E-state index in [1.165, 1.54) is 42.5 Å². The molecular weight excluding hydrogens is 544 g/mol. The van der Waals surface area contributed by atoms with Crippen molar-refractivity contribution in [3.63, 3.8) is 0 Å². The summed E-state index contributed by atoms with van der Waals surface area (Å²) in [4.78, 5) is 39.7. The van der Waals surface area contributed by atoms with Crippen LogP contribution in [0.4, 0.5) is 10.8 Å². The minimum absolute atomic E-state index is 0.0129. The molecule has 1 aliphatic heterocycles. The number of sulfonamides is 1. The second kappa shape index (κ2) is 9.65. The number of hydrogen-bond acceptors (Lipinski definition) is 9. The molecule has 5 rings (SSSR count). The van der Waals surface area contributed by atoms with Gasteiger partial charge < -0.3 is 4.74 Å². The quantitative estimate of drug-likeness (QED) is 0.245. The molecule has 2 unspecified atom stereocenters. The summed E-state index contributed by atoms with van der Waals surface area (Å²) in [5.41, 5.74) is 0.382. The lowest BCUT2D eigenvalue weighted by Gasteiger charge is -2.39. The number of nitrogens with zero attached hydrogens (tertiary/aromatic N) is 3. The second-order valence-electron chi connectivity index (χ2n) is 11.3. The summed E-state index contributed by atoms with van der Waals surface area (Å²) in [7, 11) is -3.83. The number of non-ortho nitro benzene ring substituents is 1. The van der Waals surface area contributed by atoms with Gasteiger partial charge in [0.2, 0.25) is 10.0 Å². The molecule has 1 saturated carbocycles. The maximum Gasteiger partial charge on any atom is 0.338 e. The average Bonchev–Trinajstić information content (AvgIpc) is 3.37. The molecule has 1 N–H and O–H groups in total. The first-order valence-corrected chi connectivity index (χ1v) is 14.6. The normalized spacial score (nSPS) is 22.5. The number of thiazole rings is 1. The van der Waals surface area contributed by atoms with Crippen molar-refractivity contribution in [3.8, 4) is 0 Å². The van der Waals surface area contributed by atoms with Crippen molar-refractivity contribution >= 4 is 54.3 Å². The third-order valence-corrected chi connectivity index (χ3v) is 10.0. The zero-order chi connectivity index (χ0) is 28.2. The van der Waals surface area contributed by atoms with Crippen LogP contribution >= 0.6 is 11.3 Å². The average molecular weight is 573 g/mol. The molecule has 1 aromatic heterocycles. The van der Waals surface area contributed by atoms with Crippen LogP contribution in [-0.2, 0) is 19.6 Å². The van der Waals surface area contributed by atoms with Gasteiger partial charge >= 0.3 is 5.97 Å². The molecule has 0 radical (unpaired) electrons. The Bertz CT molecular complexity index is 1600. The molecule has 11 nitrogen and oxygen atoms in total. The van der Waals surface area contributed by atoms with E-state index in [-0.39, 0.29) is 38.1 Å². The van der Waals surface area contributed by atoms with E-state index in [1.807, 2.05) is 0 Å². The number of nitrogens with one attached hydrogen (secondary N) is 1. The summed E-state index contributed by atoms with van der Waals surface area (Å²) in [6.45, 7) is 6.30. The fourth-order valence-corrected chi connectivity index (χ4v) is 8.79. The molecule has 39 heavy (non-hydrogen) atoms. The Hall–Kier alpha value is -3.42. The molecule has 0 spiro atoms. The zero-order valence-corrected chi connectivity index (χ0v) is 23.3. The van der Waals surface area contributed by atoms with E-state index in [0.717, 1.165) is 30.6 Å². The van der Waals surface area contributed by atoms with Crippen molar-refractivity contribution in [1.82, 2.24) is 9.29 Å². The minimum Gasteiger partial charge on any atom is -0.452 e. The summed E-state index contributed by atoms with van der Waals surface area (Å²) in [6.07, 6.45) is 2.55. The van der Waals surface area contributed by atoms with Crippen molar-refractivity contribution in [1.29, 1.82) is 0 Å². The first kappa shape index (κ1) is 27.2. The maximum atomic E-state index is 13.6. The van der Waals surface area contributed by atoms with E-state index in [9.17, 15) is 28.1 Å². The van der Waals surface area contributed by atoms with Crippen molar-refractivity contribution in [2.75, 3.05) is 18.5 Å². The molecule has 2 fully saturated rings. The third kappa shape index (κ3) is 5.52. The lowest BCUT2D eigenvalue weighted by Crippen LogP contribution is -2.37. The predicted molar refractivity (Wildman–Crippen MR) is 145 cm³/mol. The van der Waals surface area contributed by atoms with Crippen LogP contribution in [0.2, 0.25) is 0 Å². The van der Waals surface area contributed by atoms with Crippen LogP contribution < -0.4 is 5.32 Å². The predicted octanol–water partition coefficient (Wildman–Crippen LogP) is 4.59. The molecule has 3 aromatic rings. The van der Waals surface area contributed by atoms with Crippen LogP contribution in [0.25, 0.3) is 10.2 Å². The van der Waals surface area contributed by atoms with Crippen LogP contribution in [0.15, 0.2) is 47.4 Å². The smallest absolute Gasteiger partial charge is 0.338 e. The Balaban J connectivity index is 1.24. The highest BCUT2D eigenvalue weighted by molar-refractivity contribution is 7.89. The molecular formula is C26H28N4O7S2. The Morgan fingerprint density at radius 2 is 1.97 bits per heavy atom. The number of carbonyl (C=O) groups excluding carboxylic acids is 2. The fourth-order valence-electron chi connectivity index (χ4n) is 6.06. The van der Waals surface area contributed by atoms with Gasteiger partial charge in [-0.05, 0) is 54.4 Å². The number of fused-ring (bicyclic) bond motifs is 3. The van der Waals surface area contributed by atoms with Crippen molar-refractivity contribution in [3.05, 3.63) is 58.1 Å². The number of ether oxygens (including phenoxy) is 1. The van der Waals surface area contributed by atoms with Gasteiger partial charge in [-0.25, -0.2) is 18.2 Å². The first-order valence-electron chi connectivity index (χ1n) is 12.4. The highest BCUT2D eigenvalue weighted by Gasteiger charge is 2.53. The topological polar surface area (TPSA) is 149 Å². The number of nitro benzene ring substituents is 1. The van der Waals surface area contributed by atoms with Gasteiger partial charge in [0, 0.05) is 24.7 Å². The van der Waals surface area contributed by atoms with E-state index in [0.29, 0.717) is 16.8 Å². The monoisotopic (exact) mass is 572 g/mol. The second-order valence-corrected chi connectivity index (χ2v) is 14.3. The van der Waals surface area contributed by atoms with Gasteiger partial charge in [0.25, 0.3) is 11.6 Å². The number of hydrogen-bond donors (Lipinski definition) is 1. The van der Waals surface area contributed by atoms with Gasteiger partial charge in [0.1, 0.15) is 0 Å². The van der Waals surface area contributed by atoms with Gasteiger partial charge in [0.15, 0.2) is 11.7 Å². The Kier molecular flexibility index (Phi) is 6.72. The van der Waals surface area contributed by atoms with E-state index in [4.69, 9.17) is 4.74 Å². The van der Waals surface area contributed by atoms with Crippen LogP contribution in [0, 0.1) is 20.9 Å². The van der Waals surface area contributed by atoms with Crippen molar-refractivity contribution in [2.24, 2.45) is 10.8 Å². The van der Waals surface area contributed by atoms with Gasteiger partial charge in [-0.15, -0.1) is 0 Å². The first-order chi connectivity index (χ1) is 18.2. The lowest BCUT2D eigenvalue weighted by atomic mass is 9.65. The van der Waals surface area contributed by atoms with E-state index in [1.54, 1.807) is 4.31 Å². The number of rotatable bonds is 7. The number of esters is 1. The third-order valence-electron chi connectivity index (χ3n) is 7.21. The maximum absolute atomic E-state index is 13.6. The highest BCUT2D eigenvalue weighted by Crippen LogP contribution is 2.53. The molecule has 1 amide bonds. The van der Waals surface area contributed by atoms with Gasteiger partial charge in [-0.1, -0.05) is 38.2 Å². The molecule has 2 aromatic carbocycles. The Morgan fingerprint density at radius 3 is 2.72 bits per heavy atom. The SMILES string of the molecule is CC1(C)CC2CC(C)(CN2S(=O)(=O)c2cccc(C(=O)OCC(=O)Nc3nc4ccc([N+](=O)[O-])cc4s3)c2)C1. The number of aromatic nitrogens is 1. The van der Waals surface area contributed by atoms with Gasteiger partial charge in [-0.3, -0.25) is 20.2 Å². The summed E-state index contributed by atoms with van der Waals surface area (Å²) in [6, 6.07) is 9.75. The van der Waals surface area contributed by atoms with Gasteiger partial charge in [-0.2, -0.15) is 4.31 Å². The summed E-state index contributed by atoms with van der Waals surface area (Å²) < 4.78 is 34.4. The molecule has 2 atom stereocenters. The summed E-state index contributed by atoms with van der Waals surface area (Å²) in [5, 5.41) is 13.7. The lowest BCUT2D eigenvalue weighted by molar-refractivity contribution is -0.384. The van der Waals surface area contributed by atoms with E-state index >= 15 is 0 Å². The number of nitro groups is 1. The molecule has 13 heteroatoms. The van der Waals surface area contributed by atoms with Crippen LogP contribution in [0.1, 0.15) is 50.4 Å². The number of anilines is 1. The molecule has 2 bridgehead atoms. The molecule has 2 heterocycles.